The first-order valence-electron chi connectivity index (χ1n) is 5.16. The second-order valence-electron chi connectivity index (χ2n) is 3.84. The fourth-order valence-corrected chi connectivity index (χ4v) is 2.16. The zero-order chi connectivity index (χ0) is 9.80. The maximum Gasteiger partial charge on any atom is 0.0618 e. The van der Waals surface area contributed by atoms with Crippen LogP contribution >= 0.6 is 0 Å². The van der Waals surface area contributed by atoms with Crippen LogP contribution in [0.4, 0.5) is 0 Å². The van der Waals surface area contributed by atoms with E-state index < -0.39 is 0 Å². The molecule has 0 aromatic carbocycles. The Kier molecular flexibility index (Phi) is 2.91. The summed E-state index contributed by atoms with van der Waals surface area (Å²) in [6.45, 7) is 1.59. The van der Waals surface area contributed by atoms with Gasteiger partial charge in [-0.05, 0) is 19.3 Å². The topological polar surface area (TPSA) is 45.0 Å². The summed E-state index contributed by atoms with van der Waals surface area (Å²) in [4.78, 5) is 14.9. The summed E-state index contributed by atoms with van der Waals surface area (Å²) >= 11 is 0. The van der Waals surface area contributed by atoms with Gasteiger partial charge in [0, 0.05) is 18.7 Å². The molecule has 0 amide bonds. The van der Waals surface area contributed by atoms with Crippen molar-refractivity contribution in [1.82, 2.24) is 5.01 Å². The smallest absolute Gasteiger partial charge is 0.0618 e. The molecule has 0 aliphatic carbocycles. The lowest BCUT2D eigenvalue weighted by Crippen LogP contribution is -2.40. The van der Waals surface area contributed by atoms with Gasteiger partial charge in [0.05, 0.1) is 17.9 Å². The molecule has 2 atom stereocenters. The van der Waals surface area contributed by atoms with E-state index in [0.29, 0.717) is 12.5 Å². The average molecular weight is 193 g/mol. The van der Waals surface area contributed by atoms with Crippen LogP contribution in [0.15, 0.2) is 22.4 Å². The van der Waals surface area contributed by atoms with Crippen molar-refractivity contribution in [2.75, 3.05) is 13.1 Å². The molecule has 4 heteroatoms. The summed E-state index contributed by atoms with van der Waals surface area (Å²) in [5.41, 5.74) is 0. The van der Waals surface area contributed by atoms with Crippen molar-refractivity contribution in [3.8, 4) is 0 Å². The predicted octanol–water partition coefficient (Wildman–Crippen LogP) is 1.78. The summed E-state index contributed by atoms with van der Waals surface area (Å²) in [6.07, 6.45) is 9.32. The minimum absolute atomic E-state index is 0.238. The van der Waals surface area contributed by atoms with Crippen LogP contribution in [0, 0.1) is 10.8 Å². The van der Waals surface area contributed by atoms with Crippen LogP contribution < -0.4 is 0 Å². The molecule has 0 spiro atoms. The number of rotatable bonds is 2. The second-order valence-corrected chi connectivity index (χ2v) is 3.84. The first kappa shape index (κ1) is 9.37. The summed E-state index contributed by atoms with van der Waals surface area (Å²) in [6, 6.07) is 0.238. The van der Waals surface area contributed by atoms with Crippen molar-refractivity contribution < 1.29 is 0 Å². The van der Waals surface area contributed by atoms with Gasteiger partial charge in [0.25, 0.3) is 0 Å². The van der Waals surface area contributed by atoms with Crippen LogP contribution in [0.25, 0.3) is 0 Å². The van der Waals surface area contributed by atoms with E-state index in [1.54, 1.807) is 5.01 Å². The van der Waals surface area contributed by atoms with Crippen LogP contribution in [0.1, 0.15) is 19.3 Å². The minimum atomic E-state index is 0.238. The second kappa shape index (κ2) is 4.35. The van der Waals surface area contributed by atoms with Crippen molar-refractivity contribution in [3.63, 3.8) is 0 Å². The molecule has 14 heavy (non-hydrogen) atoms. The Morgan fingerprint density at radius 2 is 2.36 bits per heavy atom. The van der Waals surface area contributed by atoms with Crippen molar-refractivity contribution in [2.24, 2.45) is 16.2 Å². The third kappa shape index (κ3) is 1.84. The molecule has 76 valence electrons. The van der Waals surface area contributed by atoms with E-state index in [4.69, 9.17) is 0 Å². The van der Waals surface area contributed by atoms with Gasteiger partial charge in [0.1, 0.15) is 0 Å². The van der Waals surface area contributed by atoms with Crippen molar-refractivity contribution in [1.29, 1.82) is 0 Å². The summed E-state index contributed by atoms with van der Waals surface area (Å²) in [7, 11) is 0. The van der Waals surface area contributed by atoms with Gasteiger partial charge in [-0.15, -0.1) is 4.91 Å². The Balaban J connectivity index is 2.06. The Labute approximate surface area is 83.6 Å². The average Bonchev–Trinajstić information content (AvgIpc) is 2.30. The van der Waals surface area contributed by atoms with Crippen molar-refractivity contribution in [2.45, 2.75) is 25.3 Å². The van der Waals surface area contributed by atoms with E-state index in [9.17, 15) is 4.91 Å². The summed E-state index contributed by atoms with van der Waals surface area (Å²) in [5.74, 6) is 0.409. The van der Waals surface area contributed by atoms with E-state index >= 15 is 0 Å². The zero-order valence-corrected chi connectivity index (χ0v) is 8.17. The monoisotopic (exact) mass is 193 g/mol. The van der Waals surface area contributed by atoms with Gasteiger partial charge >= 0.3 is 0 Å². The van der Waals surface area contributed by atoms with Crippen LogP contribution in [-0.2, 0) is 0 Å². The van der Waals surface area contributed by atoms with E-state index in [1.165, 1.54) is 0 Å². The molecule has 0 saturated heterocycles. The highest BCUT2D eigenvalue weighted by atomic mass is 16.3. The lowest BCUT2D eigenvalue weighted by molar-refractivity contribution is 0.175. The van der Waals surface area contributed by atoms with E-state index in [0.717, 1.165) is 25.8 Å². The molecule has 0 fully saturated rings. The molecule has 0 saturated carbocycles. The quantitative estimate of drug-likeness (QED) is 0.495. The molecule has 0 aromatic heterocycles. The zero-order valence-electron chi connectivity index (χ0n) is 8.17. The van der Waals surface area contributed by atoms with Gasteiger partial charge in [0.2, 0.25) is 0 Å². The third-order valence-corrected chi connectivity index (χ3v) is 2.94. The van der Waals surface area contributed by atoms with Gasteiger partial charge in [-0.1, -0.05) is 12.2 Å². The summed E-state index contributed by atoms with van der Waals surface area (Å²) < 4.78 is 0. The van der Waals surface area contributed by atoms with Crippen LogP contribution in [0.5, 0.6) is 0 Å². The van der Waals surface area contributed by atoms with Gasteiger partial charge in [-0.25, -0.2) is 0 Å². The largest absolute Gasteiger partial charge is 0.297 e. The minimum Gasteiger partial charge on any atom is -0.297 e. The number of hydrogen-bond donors (Lipinski definition) is 0. The molecule has 2 rings (SSSR count). The Morgan fingerprint density at radius 1 is 1.43 bits per heavy atom. The number of nitroso groups, excluding NO2 is 1. The first-order chi connectivity index (χ1) is 6.92. The molecule has 2 aliphatic rings. The van der Waals surface area contributed by atoms with Gasteiger partial charge < -0.3 is 0 Å². The fourth-order valence-electron chi connectivity index (χ4n) is 2.16. The molecule has 2 heterocycles. The van der Waals surface area contributed by atoms with Gasteiger partial charge in [0.15, 0.2) is 0 Å². The molecular formula is C10H15N3O. The molecule has 2 unspecified atom stereocenters. The standard InChI is InChI=1S/C10H15N3O/c14-12-13-7-2-1-5-10(13)9-4-3-6-11-8-9/h1-2,8-10H,3-7H2. The Bertz CT molecular complexity index is 262. The number of hydrogen-bond acceptors (Lipinski definition) is 3. The van der Waals surface area contributed by atoms with Gasteiger partial charge in [-0.2, -0.15) is 0 Å². The maximum absolute atomic E-state index is 10.6. The highest BCUT2D eigenvalue weighted by Crippen LogP contribution is 2.24. The molecular weight excluding hydrogens is 178 g/mol. The third-order valence-electron chi connectivity index (χ3n) is 2.94. The van der Waals surface area contributed by atoms with Crippen molar-refractivity contribution >= 4 is 6.21 Å². The molecule has 0 aromatic rings. The lowest BCUT2D eigenvalue weighted by atomic mass is 9.90. The fraction of sp³-hybridized carbons (Fsp3) is 0.700. The lowest BCUT2D eigenvalue weighted by Gasteiger charge is -2.33. The molecule has 4 nitrogen and oxygen atoms in total. The van der Waals surface area contributed by atoms with E-state index in [2.05, 4.69) is 16.4 Å². The van der Waals surface area contributed by atoms with Crippen molar-refractivity contribution in [3.05, 3.63) is 17.1 Å². The predicted molar refractivity (Wildman–Crippen MR) is 56.1 cm³/mol. The number of aliphatic imine (C=N–C) groups is 1. The van der Waals surface area contributed by atoms with Gasteiger partial charge in [-0.3, -0.25) is 10.0 Å². The Morgan fingerprint density at radius 3 is 3.07 bits per heavy atom. The first-order valence-corrected chi connectivity index (χ1v) is 5.16. The molecule has 0 radical (unpaired) electrons. The highest BCUT2D eigenvalue weighted by Gasteiger charge is 2.27. The van der Waals surface area contributed by atoms with Crippen LogP contribution in [-0.4, -0.2) is 30.4 Å². The molecule has 2 aliphatic heterocycles. The Hall–Kier alpha value is -1.19. The van der Waals surface area contributed by atoms with E-state index in [-0.39, 0.29) is 6.04 Å². The maximum atomic E-state index is 10.6. The highest BCUT2D eigenvalue weighted by molar-refractivity contribution is 5.62. The number of nitrogens with zero attached hydrogens (tertiary/aromatic N) is 3. The van der Waals surface area contributed by atoms with E-state index in [1.807, 2.05) is 12.3 Å². The SMILES string of the molecule is O=NN1CC=CCC1C1C=NCCC1. The van der Waals surface area contributed by atoms with Crippen LogP contribution in [0.2, 0.25) is 0 Å². The molecule has 0 N–H and O–H groups in total. The van der Waals surface area contributed by atoms with Crippen LogP contribution in [0.3, 0.4) is 0 Å². The molecule has 0 bridgehead atoms. The summed E-state index contributed by atoms with van der Waals surface area (Å²) in [5, 5.41) is 4.72. The normalized spacial score (nSPS) is 31.9.